The fraction of sp³-hybridized carbons (Fsp3) is 0.364. The average molecular weight is 475 g/mol. The van der Waals surface area contributed by atoms with Gasteiger partial charge in [-0.2, -0.15) is 10.1 Å². The first-order valence-corrected chi connectivity index (χ1v) is 10.7. The van der Waals surface area contributed by atoms with E-state index >= 15 is 0 Å². The third kappa shape index (κ3) is 4.39. The molecule has 3 N–H and O–H groups in total. The molecular weight excluding hydrogens is 454 g/mol. The lowest BCUT2D eigenvalue weighted by atomic mass is 9.81. The summed E-state index contributed by atoms with van der Waals surface area (Å²) in [4.78, 5) is 24.0. The maximum absolute atomic E-state index is 13.1. The van der Waals surface area contributed by atoms with Crippen molar-refractivity contribution in [1.82, 2.24) is 29.9 Å². The van der Waals surface area contributed by atoms with Crippen LogP contribution in [0.4, 0.5) is 23.5 Å². The number of aromatic nitrogens is 5. The second-order valence-corrected chi connectivity index (χ2v) is 8.73. The van der Waals surface area contributed by atoms with E-state index in [9.17, 15) is 22.4 Å². The summed E-state index contributed by atoms with van der Waals surface area (Å²) in [5, 5.41) is 10.1. The Bertz CT molecular complexity index is 1370. The number of amides is 1. The van der Waals surface area contributed by atoms with Crippen molar-refractivity contribution in [3.63, 3.8) is 0 Å². The van der Waals surface area contributed by atoms with Crippen LogP contribution in [0.15, 0.2) is 36.9 Å². The van der Waals surface area contributed by atoms with E-state index in [0.29, 0.717) is 22.1 Å². The lowest BCUT2D eigenvalue weighted by molar-refractivity contribution is -0.108. The molecule has 0 bridgehead atoms. The van der Waals surface area contributed by atoms with E-state index in [1.54, 1.807) is 23.0 Å². The number of hydrogen-bond acceptors (Lipinski definition) is 5. The van der Waals surface area contributed by atoms with Gasteiger partial charge >= 0.3 is 0 Å². The Balaban J connectivity index is 1.37. The molecular formula is C22H21F4N7O. The van der Waals surface area contributed by atoms with Crippen LogP contribution in [-0.2, 0) is 0 Å². The number of halogens is 4. The maximum Gasteiger partial charge on any atom is 0.262 e. The Kier molecular flexibility index (Phi) is 5.18. The van der Waals surface area contributed by atoms with Crippen molar-refractivity contribution >= 4 is 28.4 Å². The predicted octanol–water partition coefficient (Wildman–Crippen LogP) is 4.11. The van der Waals surface area contributed by atoms with Crippen LogP contribution >= 0.6 is 0 Å². The van der Waals surface area contributed by atoms with Crippen molar-refractivity contribution in [2.24, 2.45) is 5.92 Å². The van der Waals surface area contributed by atoms with Gasteiger partial charge in [0.15, 0.2) is 0 Å². The number of fused-ring (bicyclic) bond motifs is 2. The van der Waals surface area contributed by atoms with Crippen LogP contribution < -0.4 is 10.6 Å². The number of carbonyl (C=O) groups excluding carboxylic acids is 1. The largest absolute Gasteiger partial charge is 0.352 e. The molecule has 0 spiro atoms. The van der Waals surface area contributed by atoms with Gasteiger partial charge in [0.1, 0.15) is 5.65 Å². The number of anilines is 1. The van der Waals surface area contributed by atoms with Crippen molar-refractivity contribution in [3.8, 4) is 11.1 Å². The van der Waals surface area contributed by atoms with Gasteiger partial charge in [0, 0.05) is 55.9 Å². The molecule has 0 atom stereocenters. The number of rotatable bonds is 7. The Morgan fingerprint density at radius 2 is 2.12 bits per heavy atom. The van der Waals surface area contributed by atoms with Gasteiger partial charge in [-0.3, -0.25) is 4.79 Å². The zero-order chi connectivity index (χ0) is 24.1. The summed E-state index contributed by atoms with van der Waals surface area (Å²) in [6, 6.07) is 3.59. The standard InChI is InChI=1S/C22H21F4N7O/c1-21(23,24)11-30-20-29-9-15-14(8-27-18(15)32-20)13-2-3-33-17(4-13)16(10-31-33)19(34)28-7-12-5-22(25,26)6-12/h2-4,8-10,12H,5-7,11H2,1H3,(H,28,34)(H2,27,29,30,32). The molecule has 5 rings (SSSR count). The van der Waals surface area contributed by atoms with Gasteiger partial charge in [-0.05, 0) is 23.6 Å². The maximum atomic E-state index is 13.1. The number of nitrogens with one attached hydrogen (secondary N) is 3. The summed E-state index contributed by atoms with van der Waals surface area (Å²) in [6.45, 7) is 0.404. The molecule has 178 valence electrons. The third-order valence-electron chi connectivity index (χ3n) is 5.79. The Labute approximate surface area is 190 Å². The first kappa shape index (κ1) is 22.1. The lowest BCUT2D eigenvalue weighted by Crippen LogP contribution is -2.42. The molecule has 0 unspecified atom stereocenters. The van der Waals surface area contributed by atoms with Crippen molar-refractivity contribution in [3.05, 3.63) is 42.5 Å². The highest BCUT2D eigenvalue weighted by Gasteiger charge is 2.45. The Morgan fingerprint density at radius 1 is 1.32 bits per heavy atom. The van der Waals surface area contributed by atoms with Crippen LogP contribution in [0.3, 0.4) is 0 Å². The molecule has 1 aliphatic carbocycles. The average Bonchev–Trinajstić information content (AvgIpc) is 3.37. The van der Waals surface area contributed by atoms with Gasteiger partial charge in [0.2, 0.25) is 11.9 Å². The fourth-order valence-corrected chi connectivity index (χ4v) is 4.05. The van der Waals surface area contributed by atoms with Gasteiger partial charge in [0.05, 0.1) is 23.8 Å². The van der Waals surface area contributed by atoms with Crippen molar-refractivity contribution in [1.29, 1.82) is 0 Å². The summed E-state index contributed by atoms with van der Waals surface area (Å²) >= 11 is 0. The number of alkyl halides is 4. The lowest BCUT2D eigenvalue weighted by Gasteiger charge is -2.34. The summed E-state index contributed by atoms with van der Waals surface area (Å²) in [5.74, 6) is -6.06. The topological polar surface area (TPSA) is 100 Å². The summed E-state index contributed by atoms with van der Waals surface area (Å²) in [5.41, 5.74) is 2.87. The second kappa shape index (κ2) is 7.96. The number of nitrogens with zero attached hydrogens (tertiary/aromatic N) is 4. The molecule has 34 heavy (non-hydrogen) atoms. The van der Waals surface area contributed by atoms with Crippen LogP contribution in [0.2, 0.25) is 0 Å². The minimum atomic E-state index is -2.90. The number of hydrogen-bond donors (Lipinski definition) is 3. The smallest absolute Gasteiger partial charge is 0.262 e. The summed E-state index contributed by atoms with van der Waals surface area (Å²) < 4.78 is 53.8. The highest BCUT2D eigenvalue weighted by molar-refractivity contribution is 6.02. The third-order valence-corrected chi connectivity index (χ3v) is 5.79. The molecule has 0 saturated heterocycles. The van der Waals surface area contributed by atoms with Crippen LogP contribution in [0.25, 0.3) is 27.7 Å². The summed E-state index contributed by atoms with van der Waals surface area (Å²) in [6.07, 6.45) is 5.96. The van der Waals surface area contributed by atoms with Gasteiger partial charge in [-0.15, -0.1) is 0 Å². The quantitative estimate of drug-likeness (QED) is 0.349. The first-order chi connectivity index (χ1) is 16.1. The number of aromatic amines is 1. The van der Waals surface area contributed by atoms with E-state index in [-0.39, 0.29) is 37.2 Å². The van der Waals surface area contributed by atoms with Crippen LogP contribution in [-0.4, -0.2) is 55.4 Å². The Morgan fingerprint density at radius 3 is 2.85 bits per heavy atom. The van der Waals surface area contributed by atoms with Crippen LogP contribution in [0.5, 0.6) is 0 Å². The predicted molar refractivity (Wildman–Crippen MR) is 117 cm³/mol. The highest BCUT2D eigenvalue weighted by Crippen LogP contribution is 2.41. The zero-order valence-electron chi connectivity index (χ0n) is 18.1. The van der Waals surface area contributed by atoms with Crippen molar-refractivity contribution < 1.29 is 22.4 Å². The molecule has 4 aromatic rings. The molecule has 0 aliphatic heterocycles. The van der Waals surface area contributed by atoms with E-state index in [2.05, 4.69) is 30.7 Å². The molecule has 1 saturated carbocycles. The molecule has 4 heterocycles. The van der Waals surface area contributed by atoms with Gasteiger partial charge in [-0.25, -0.2) is 27.1 Å². The van der Waals surface area contributed by atoms with Crippen LogP contribution in [0, 0.1) is 5.92 Å². The molecule has 1 fully saturated rings. The van der Waals surface area contributed by atoms with E-state index < -0.39 is 18.4 Å². The molecule has 1 aliphatic rings. The normalized spacial score (nSPS) is 16.0. The number of pyridine rings is 1. The van der Waals surface area contributed by atoms with Crippen molar-refractivity contribution in [2.75, 3.05) is 18.4 Å². The molecule has 0 radical (unpaired) electrons. The van der Waals surface area contributed by atoms with E-state index in [1.807, 2.05) is 6.07 Å². The minimum absolute atomic E-state index is 0.0804. The summed E-state index contributed by atoms with van der Waals surface area (Å²) in [7, 11) is 0. The van der Waals surface area contributed by atoms with E-state index in [0.717, 1.165) is 18.1 Å². The SMILES string of the molecule is CC(F)(F)CNc1ncc2c(-c3ccn4ncc(C(=O)NCC5CC(F)(F)C5)c4c3)c[nH]c2n1. The molecule has 12 heteroatoms. The van der Waals surface area contributed by atoms with E-state index in [4.69, 9.17) is 0 Å². The monoisotopic (exact) mass is 475 g/mol. The molecule has 0 aromatic carbocycles. The van der Waals surface area contributed by atoms with Gasteiger partial charge in [0.25, 0.3) is 11.8 Å². The zero-order valence-corrected chi connectivity index (χ0v) is 18.1. The van der Waals surface area contributed by atoms with Gasteiger partial charge in [-0.1, -0.05) is 0 Å². The molecule has 8 nitrogen and oxygen atoms in total. The van der Waals surface area contributed by atoms with Crippen molar-refractivity contribution in [2.45, 2.75) is 31.6 Å². The second-order valence-electron chi connectivity index (χ2n) is 8.73. The highest BCUT2D eigenvalue weighted by atomic mass is 19.3. The molecule has 4 aromatic heterocycles. The minimum Gasteiger partial charge on any atom is -0.352 e. The van der Waals surface area contributed by atoms with Gasteiger partial charge < -0.3 is 15.6 Å². The number of H-pyrrole nitrogens is 1. The fourth-order valence-electron chi connectivity index (χ4n) is 4.05. The number of carbonyl (C=O) groups is 1. The first-order valence-electron chi connectivity index (χ1n) is 10.7. The molecule has 1 amide bonds. The van der Waals surface area contributed by atoms with Crippen LogP contribution in [0.1, 0.15) is 30.1 Å². The Hall–Kier alpha value is -3.70. The van der Waals surface area contributed by atoms with E-state index in [1.165, 1.54) is 12.4 Å².